The highest BCUT2D eigenvalue weighted by Gasteiger charge is 2.07. The highest BCUT2D eigenvalue weighted by Crippen LogP contribution is 2.02. The van der Waals surface area contributed by atoms with E-state index in [-0.39, 0.29) is 0 Å². The smallest absolute Gasteiger partial charge is 0.208 e. The molecule has 0 heterocycles. The molecule has 5 nitrogen and oxygen atoms in total. The minimum absolute atomic E-state index is 0.641. The third-order valence-electron chi connectivity index (χ3n) is 2.54. The minimum Gasteiger partial charge on any atom is -0.385 e. The number of methoxy groups -OCH3 is 1. The lowest BCUT2D eigenvalue weighted by Gasteiger charge is -2.23. The van der Waals surface area contributed by atoms with E-state index < -0.39 is 0 Å². The molecule has 0 aliphatic rings. The van der Waals surface area contributed by atoms with E-state index >= 15 is 0 Å². The summed E-state index contributed by atoms with van der Waals surface area (Å²) in [6, 6.07) is 0. The molecule has 0 bridgehead atoms. The zero-order valence-corrected chi connectivity index (χ0v) is 11.0. The van der Waals surface area contributed by atoms with Gasteiger partial charge in [0, 0.05) is 33.9 Å². The first-order valence-electron chi connectivity index (χ1n) is 5.86. The van der Waals surface area contributed by atoms with Crippen molar-refractivity contribution >= 4 is 5.96 Å². The number of hydrazine groups is 1. The van der Waals surface area contributed by atoms with Gasteiger partial charge in [-0.3, -0.25) is 10.4 Å². The lowest BCUT2D eigenvalue weighted by Crippen LogP contribution is -2.44. The van der Waals surface area contributed by atoms with E-state index in [0.29, 0.717) is 5.92 Å². The first-order chi connectivity index (χ1) is 7.65. The average molecular weight is 230 g/mol. The van der Waals surface area contributed by atoms with Gasteiger partial charge in [0.2, 0.25) is 5.96 Å². The lowest BCUT2D eigenvalue weighted by molar-refractivity contribution is 0.197. The molecule has 0 spiro atoms. The van der Waals surface area contributed by atoms with E-state index in [2.05, 4.69) is 29.2 Å². The Balaban J connectivity index is 4.03. The van der Waals surface area contributed by atoms with Crippen molar-refractivity contribution in [3.63, 3.8) is 0 Å². The van der Waals surface area contributed by atoms with Crippen LogP contribution in [-0.4, -0.2) is 44.7 Å². The summed E-state index contributed by atoms with van der Waals surface area (Å²) in [6.45, 7) is 6.83. The van der Waals surface area contributed by atoms with Gasteiger partial charge < -0.3 is 9.64 Å². The van der Waals surface area contributed by atoms with Crippen LogP contribution in [0.5, 0.6) is 0 Å². The fourth-order valence-corrected chi connectivity index (χ4v) is 1.35. The van der Waals surface area contributed by atoms with Gasteiger partial charge in [-0.15, -0.1) is 0 Å². The number of nitrogens with zero attached hydrogens (tertiary/aromatic N) is 2. The number of ether oxygens (including phenoxy) is 1. The molecule has 0 fully saturated rings. The van der Waals surface area contributed by atoms with Crippen molar-refractivity contribution < 1.29 is 4.74 Å². The largest absolute Gasteiger partial charge is 0.385 e. The molecule has 0 aliphatic carbocycles. The molecule has 0 radical (unpaired) electrons. The van der Waals surface area contributed by atoms with Crippen molar-refractivity contribution in [3.05, 3.63) is 0 Å². The standard InChI is InChI=1S/C11H26N4O/c1-5-10(2)9-15(3)11(14-12)13-7-6-8-16-4/h10H,5-9,12H2,1-4H3,(H,13,14). The van der Waals surface area contributed by atoms with Gasteiger partial charge in [-0.2, -0.15) is 0 Å². The zero-order chi connectivity index (χ0) is 12.4. The van der Waals surface area contributed by atoms with Gasteiger partial charge in [-0.05, 0) is 12.3 Å². The summed E-state index contributed by atoms with van der Waals surface area (Å²) >= 11 is 0. The molecular weight excluding hydrogens is 204 g/mol. The van der Waals surface area contributed by atoms with Crippen LogP contribution in [0, 0.1) is 5.92 Å². The topological polar surface area (TPSA) is 62.9 Å². The second-order valence-corrected chi connectivity index (χ2v) is 4.09. The van der Waals surface area contributed by atoms with E-state index in [0.717, 1.165) is 38.5 Å². The Bertz CT molecular complexity index is 196. The molecule has 5 heteroatoms. The third kappa shape index (κ3) is 6.63. The summed E-state index contributed by atoms with van der Waals surface area (Å²) in [5.74, 6) is 6.84. The molecule has 0 saturated carbocycles. The number of guanidine groups is 1. The number of hydrogen-bond acceptors (Lipinski definition) is 3. The summed E-state index contributed by atoms with van der Waals surface area (Å²) in [5, 5.41) is 0. The number of rotatable bonds is 7. The molecular formula is C11H26N4O. The van der Waals surface area contributed by atoms with Crippen molar-refractivity contribution in [1.82, 2.24) is 10.3 Å². The van der Waals surface area contributed by atoms with Crippen LogP contribution in [-0.2, 0) is 4.74 Å². The number of hydrogen-bond donors (Lipinski definition) is 2. The van der Waals surface area contributed by atoms with Crippen molar-refractivity contribution in [2.45, 2.75) is 26.7 Å². The van der Waals surface area contributed by atoms with Crippen molar-refractivity contribution in [2.75, 3.05) is 33.9 Å². The second kappa shape index (κ2) is 9.42. The van der Waals surface area contributed by atoms with Gasteiger partial charge in [0.1, 0.15) is 0 Å². The fourth-order valence-electron chi connectivity index (χ4n) is 1.35. The van der Waals surface area contributed by atoms with Crippen LogP contribution in [0.1, 0.15) is 26.7 Å². The van der Waals surface area contributed by atoms with Crippen molar-refractivity contribution in [2.24, 2.45) is 16.8 Å². The van der Waals surface area contributed by atoms with Crippen LogP contribution in [0.15, 0.2) is 4.99 Å². The van der Waals surface area contributed by atoms with E-state index in [9.17, 15) is 0 Å². The maximum atomic E-state index is 5.45. The molecule has 1 unspecified atom stereocenters. The summed E-state index contributed by atoms with van der Waals surface area (Å²) in [6.07, 6.45) is 2.07. The summed E-state index contributed by atoms with van der Waals surface area (Å²) < 4.78 is 4.97. The normalized spacial score (nSPS) is 13.7. The van der Waals surface area contributed by atoms with Crippen molar-refractivity contribution in [3.8, 4) is 0 Å². The lowest BCUT2D eigenvalue weighted by atomic mass is 10.1. The molecule has 0 aromatic rings. The number of aliphatic imine (C=N–C) groups is 1. The van der Waals surface area contributed by atoms with Gasteiger partial charge in [-0.1, -0.05) is 20.3 Å². The third-order valence-corrected chi connectivity index (χ3v) is 2.54. The molecule has 0 saturated heterocycles. The van der Waals surface area contributed by atoms with Gasteiger partial charge in [0.05, 0.1) is 0 Å². The Kier molecular flexibility index (Phi) is 8.94. The number of nitrogens with two attached hydrogens (primary N) is 1. The van der Waals surface area contributed by atoms with Gasteiger partial charge >= 0.3 is 0 Å². The van der Waals surface area contributed by atoms with E-state index in [1.165, 1.54) is 0 Å². The van der Waals surface area contributed by atoms with Crippen LogP contribution < -0.4 is 11.3 Å². The molecule has 1 atom stereocenters. The first kappa shape index (κ1) is 15.2. The van der Waals surface area contributed by atoms with Crippen molar-refractivity contribution in [1.29, 1.82) is 0 Å². The highest BCUT2D eigenvalue weighted by atomic mass is 16.5. The van der Waals surface area contributed by atoms with Gasteiger partial charge in [0.15, 0.2) is 0 Å². The maximum Gasteiger partial charge on any atom is 0.208 e. The molecule has 0 aliphatic heterocycles. The molecule has 0 aromatic heterocycles. The molecule has 0 rings (SSSR count). The second-order valence-electron chi connectivity index (χ2n) is 4.09. The average Bonchev–Trinajstić information content (AvgIpc) is 2.28. The Labute approximate surface area is 99.0 Å². The van der Waals surface area contributed by atoms with Crippen LogP contribution >= 0.6 is 0 Å². The Morgan fingerprint density at radius 2 is 2.25 bits per heavy atom. The zero-order valence-electron chi connectivity index (χ0n) is 11.0. The Morgan fingerprint density at radius 1 is 1.56 bits per heavy atom. The van der Waals surface area contributed by atoms with Crippen LogP contribution in [0.25, 0.3) is 0 Å². The van der Waals surface area contributed by atoms with Gasteiger partial charge in [0.25, 0.3) is 0 Å². The monoisotopic (exact) mass is 230 g/mol. The highest BCUT2D eigenvalue weighted by molar-refractivity contribution is 5.79. The van der Waals surface area contributed by atoms with Gasteiger partial charge in [-0.25, -0.2) is 5.84 Å². The van der Waals surface area contributed by atoms with E-state index in [4.69, 9.17) is 10.6 Å². The summed E-state index contributed by atoms with van der Waals surface area (Å²) in [7, 11) is 3.70. The predicted molar refractivity (Wildman–Crippen MR) is 68.2 cm³/mol. The Hall–Kier alpha value is -0.810. The maximum absolute atomic E-state index is 5.45. The number of nitrogens with one attached hydrogen (secondary N) is 1. The van der Waals surface area contributed by atoms with Crippen LogP contribution in [0.2, 0.25) is 0 Å². The SMILES string of the molecule is CCC(C)CN(C)C(=NCCCOC)NN. The summed E-state index contributed by atoms with van der Waals surface area (Å²) in [4.78, 5) is 6.45. The fraction of sp³-hybridized carbons (Fsp3) is 0.909. The Morgan fingerprint density at radius 3 is 2.75 bits per heavy atom. The van der Waals surface area contributed by atoms with Crippen LogP contribution in [0.4, 0.5) is 0 Å². The van der Waals surface area contributed by atoms with E-state index in [1.54, 1.807) is 7.11 Å². The molecule has 0 aromatic carbocycles. The predicted octanol–water partition coefficient (Wildman–Crippen LogP) is 0.820. The minimum atomic E-state index is 0.641. The first-order valence-corrected chi connectivity index (χ1v) is 5.86. The van der Waals surface area contributed by atoms with E-state index in [1.807, 2.05) is 7.05 Å². The quantitative estimate of drug-likeness (QED) is 0.223. The molecule has 96 valence electrons. The van der Waals surface area contributed by atoms with Crippen LogP contribution in [0.3, 0.4) is 0 Å². The summed E-state index contributed by atoms with van der Waals surface area (Å²) in [5.41, 5.74) is 2.64. The molecule has 16 heavy (non-hydrogen) atoms. The molecule has 3 N–H and O–H groups in total. The molecule has 0 amide bonds.